The first kappa shape index (κ1) is 32.8. The molecule has 8 heteroatoms. The van der Waals surface area contributed by atoms with Gasteiger partial charge in [-0.1, -0.05) is 109 Å². The largest absolute Gasteiger partial charge is 0.325 e. The van der Waals surface area contributed by atoms with Crippen LogP contribution in [-0.2, 0) is 21.2 Å². The summed E-state index contributed by atoms with van der Waals surface area (Å²) in [6, 6.07) is 9.72. The molecular weight excluding hydrogens is 532 g/mol. The Hall–Kier alpha value is -2.38. The van der Waals surface area contributed by atoms with Crippen molar-refractivity contribution in [3.63, 3.8) is 0 Å². The molecule has 0 heterocycles. The van der Waals surface area contributed by atoms with Crippen LogP contribution in [0.1, 0.15) is 115 Å². The summed E-state index contributed by atoms with van der Waals surface area (Å²) in [5, 5.41) is 2.65. The summed E-state index contributed by atoms with van der Waals surface area (Å²) in [6.07, 6.45) is 13.7. The van der Waals surface area contributed by atoms with Crippen LogP contribution in [-0.4, -0.2) is 20.1 Å². The van der Waals surface area contributed by atoms with E-state index in [0.717, 1.165) is 18.4 Å². The molecule has 2 N–H and O–H groups in total. The number of rotatable bonds is 16. The van der Waals surface area contributed by atoms with E-state index in [0.29, 0.717) is 0 Å². The van der Waals surface area contributed by atoms with Crippen LogP contribution in [0.15, 0.2) is 41.3 Å². The first-order valence-electron chi connectivity index (χ1n) is 14.1. The molecule has 2 aromatic carbocycles. The van der Waals surface area contributed by atoms with Crippen LogP contribution in [0.4, 0.5) is 11.4 Å². The number of aryl methyl sites for hydroxylation is 1. The summed E-state index contributed by atoms with van der Waals surface area (Å²) >= 11 is 6.42. The van der Waals surface area contributed by atoms with Gasteiger partial charge >= 0.3 is 0 Å². The lowest BCUT2D eigenvalue weighted by Crippen LogP contribution is -2.22. The second-order valence-corrected chi connectivity index (χ2v) is 13.4. The summed E-state index contributed by atoms with van der Waals surface area (Å²) in [4.78, 5) is 24.8. The van der Waals surface area contributed by atoms with Gasteiger partial charge in [0.2, 0.25) is 5.91 Å². The van der Waals surface area contributed by atoms with Crippen molar-refractivity contribution in [2.24, 2.45) is 5.41 Å². The number of amides is 1. The van der Waals surface area contributed by atoms with Crippen molar-refractivity contribution in [2.75, 3.05) is 10.0 Å². The molecule has 0 radical (unpaired) electrons. The fourth-order valence-corrected chi connectivity index (χ4v) is 5.68. The number of benzene rings is 2. The number of ketones is 1. The molecule has 0 bridgehead atoms. The van der Waals surface area contributed by atoms with Crippen molar-refractivity contribution in [3.8, 4) is 0 Å². The van der Waals surface area contributed by atoms with Gasteiger partial charge in [-0.2, -0.15) is 0 Å². The monoisotopic (exact) mass is 576 g/mol. The van der Waals surface area contributed by atoms with Crippen LogP contribution in [0, 0.1) is 5.41 Å². The van der Waals surface area contributed by atoms with E-state index in [1.807, 2.05) is 12.1 Å². The zero-order valence-electron chi connectivity index (χ0n) is 24.2. The van der Waals surface area contributed by atoms with E-state index in [-0.39, 0.29) is 38.5 Å². The van der Waals surface area contributed by atoms with E-state index in [2.05, 4.69) is 17.0 Å². The molecule has 216 valence electrons. The Morgan fingerprint density at radius 1 is 0.846 bits per heavy atom. The van der Waals surface area contributed by atoms with E-state index in [9.17, 15) is 18.0 Å². The molecule has 2 aromatic rings. The summed E-state index contributed by atoms with van der Waals surface area (Å²) in [5.74, 6) is -0.652. The third kappa shape index (κ3) is 11.0. The van der Waals surface area contributed by atoms with Crippen LogP contribution in [0.3, 0.4) is 0 Å². The highest BCUT2D eigenvalue weighted by Crippen LogP contribution is 2.35. The van der Waals surface area contributed by atoms with Gasteiger partial charge in [-0.25, -0.2) is 8.42 Å². The standard InChI is InChI=1S/C31H45ClN2O4S/c1-6-7-8-9-10-11-12-13-14-15-16-24-17-19-26(20-18-24)39(37,38)34-25-21-27(30(36)31(3,4)5)29(32)28(22-25)33-23(2)35/h17-22,34H,6-16H2,1-5H3,(H,33,35). The lowest BCUT2D eigenvalue weighted by atomic mass is 9.86. The van der Waals surface area contributed by atoms with Crippen LogP contribution < -0.4 is 10.0 Å². The highest BCUT2D eigenvalue weighted by molar-refractivity contribution is 7.92. The first-order valence-corrected chi connectivity index (χ1v) is 16.0. The molecule has 0 aliphatic carbocycles. The molecule has 39 heavy (non-hydrogen) atoms. The molecule has 0 aliphatic heterocycles. The van der Waals surface area contributed by atoms with E-state index in [1.165, 1.54) is 76.8 Å². The average Bonchev–Trinajstić information content (AvgIpc) is 2.86. The number of hydrogen-bond donors (Lipinski definition) is 2. The molecule has 0 saturated heterocycles. The molecule has 6 nitrogen and oxygen atoms in total. The highest BCUT2D eigenvalue weighted by atomic mass is 35.5. The molecule has 1 amide bonds. The molecule has 2 rings (SSSR count). The second-order valence-electron chi connectivity index (χ2n) is 11.3. The quantitative estimate of drug-likeness (QED) is 0.154. The van der Waals surface area contributed by atoms with Gasteiger partial charge in [-0.05, 0) is 42.7 Å². The van der Waals surface area contributed by atoms with E-state index in [4.69, 9.17) is 11.6 Å². The van der Waals surface area contributed by atoms with E-state index >= 15 is 0 Å². The summed E-state index contributed by atoms with van der Waals surface area (Å²) in [5.41, 5.74) is 0.804. The maximum absolute atomic E-state index is 13.1. The normalized spacial score (nSPS) is 11.8. The average molecular weight is 577 g/mol. The van der Waals surface area contributed by atoms with Gasteiger partial charge in [-0.15, -0.1) is 0 Å². The van der Waals surface area contributed by atoms with Gasteiger partial charge in [0, 0.05) is 17.9 Å². The van der Waals surface area contributed by atoms with Crippen LogP contribution in [0.25, 0.3) is 0 Å². The van der Waals surface area contributed by atoms with Crippen molar-refractivity contribution in [3.05, 3.63) is 52.5 Å². The zero-order valence-corrected chi connectivity index (χ0v) is 25.7. The fourth-order valence-electron chi connectivity index (χ4n) is 4.40. The molecule has 0 saturated carbocycles. The fraction of sp³-hybridized carbons (Fsp3) is 0.548. The summed E-state index contributed by atoms with van der Waals surface area (Å²) < 4.78 is 28.8. The van der Waals surface area contributed by atoms with Crippen LogP contribution in [0.5, 0.6) is 0 Å². The predicted octanol–water partition coefficient (Wildman–Crippen LogP) is 8.79. The topological polar surface area (TPSA) is 92.3 Å². The smallest absolute Gasteiger partial charge is 0.261 e. The molecule has 0 atom stereocenters. The van der Waals surface area contributed by atoms with Gasteiger partial charge in [0.15, 0.2) is 5.78 Å². The van der Waals surface area contributed by atoms with Gasteiger partial charge in [-0.3, -0.25) is 14.3 Å². The van der Waals surface area contributed by atoms with Gasteiger partial charge < -0.3 is 5.32 Å². The maximum atomic E-state index is 13.1. The Kier molecular flexibility index (Phi) is 13.0. The number of hydrogen-bond acceptors (Lipinski definition) is 4. The Morgan fingerprint density at radius 2 is 1.38 bits per heavy atom. The SMILES string of the molecule is CCCCCCCCCCCCc1ccc(S(=O)(=O)Nc2cc(NC(C)=O)c(Cl)c(C(=O)C(C)(C)C)c2)cc1. The summed E-state index contributed by atoms with van der Waals surface area (Å²) in [7, 11) is -3.93. The Bertz CT molecular complexity index is 1200. The molecule has 0 fully saturated rings. The van der Waals surface area contributed by atoms with Crippen molar-refractivity contribution in [1.29, 1.82) is 0 Å². The number of carbonyl (C=O) groups is 2. The number of halogens is 1. The lowest BCUT2D eigenvalue weighted by Gasteiger charge is -2.20. The minimum absolute atomic E-state index is 0.0735. The molecular formula is C31H45ClN2O4S. The molecule has 0 aliphatic rings. The number of carbonyl (C=O) groups excluding carboxylic acids is 2. The number of nitrogens with one attached hydrogen (secondary N) is 2. The van der Waals surface area contributed by atoms with Crippen molar-refractivity contribution in [2.45, 2.75) is 110 Å². The summed E-state index contributed by atoms with van der Waals surface area (Å²) in [6.45, 7) is 8.80. The molecule has 0 spiro atoms. The van der Waals surface area contributed by atoms with Crippen molar-refractivity contribution >= 4 is 44.7 Å². The minimum Gasteiger partial charge on any atom is -0.325 e. The second kappa shape index (κ2) is 15.4. The van der Waals surface area contributed by atoms with Crippen LogP contribution >= 0.6 is 11.6 Å². The number of anilines is 2. The number of Topliss-reactive ketones (excluding diaryl/α,β-unsaturated/α-hetero) is 1. The molecule has 0 aromatic heterocycles. The first-order chi connectivity index (χ1) is 18.3. The number of sulfonamides is 1. The van der Waals surface area contributed by atoms with Gasteiger partial charge in [0.1, 0.15) is 0 Å². The Balaban J connectivity index is 2.02. The van der Waals surface area contributed by atoms with E-state index in [1.54, 1.807) is 32.9 Å². The Morgan fingerprint density at radius 3 is 1.90 bits per heavy atom. The number of unbranched alkanes of at least 4 members (excludes halogenated alkanes) is 9. The maximum Gasteiger partial charge on any atom is 0.261 e. The third-order valence-corrected chi connectivity index (χ3v) is 8.42. The third-order valence-electron chi connectivity index (χ3n) is 6.61. The highest BCUT2D eigenvalue weighted by Gasteiger charge is 2.27. The van der Waals surface area contributed by atoms with Gasteiger partial charge in [0.25, 0.3) is 10.0 Å². The van der Waals surface area contributed by atoms with Crippen molar-refractivity contribution < 1.29 is 18.0 Å². The Labute approximate surface area is 240 Å². The molecule has 0 unspecified atom stereocenters. The predicted molar refractivity (Wildman–Crippen MR) is 162 cm³/mol. The van der Waals surface area contributed by atoms with Crippen molar-refractivity contribution in [1.82, 2.24) is 0 Å². The lowest BCUT2D eigenvalue weighted by molar-refractivity contribution is -0.114. The van der Waals surface area contributed by atoms with E-state index < -0.39 is 15.4 Å². The zero-order chi connectivity index (χ0) is 29.1. The van der Waals surface area contributed by atoms with Gasteiger partial charge in [0.05, 0.1) is 21.3 Å². The van der Waals surface area contributed by atoms with Crippen LogP contribution in [0.2, 0.25) is 5.02 Å². The minimum atomic E-state index is -3.93.